The number of benzene rings is 2. The maximum absolute atomic E-state index is 15.3. The van der Waals surface area contributed by atoms with Crippen LogP contribution in [0.5, 0.6) is 0 Å². The number of nitrogens with one attached hydrogen (secondary N) is 1. The molecule has 1 aliphatic rings. The van der Waals surface area contributed by atoms with E-state index >= 15 is 4.39 Å². The fraction of sp³-hybridized carbons (Fsp3) is 0.440. The second kappa shape index (κ2) is 8.89. The molecule has 2 aromatic carbocycles. The molecule has 10 heteroatoms. The Labute approximate surface area is 201 Å². The normalized spacial score (nSPS) is 16.1. The van der Waals surface area contributed by atoms with E-state index in [-0.39, 0.29) is 27.5 Å². The van der Waals surface area contributed by atoms with Gasteiger partial charge < -0.3 is 4.57 Å². The SMILES string of the molecule is CC(C)(C)Cn1cc([C@@H](CF)NS(=O)(=O)C2CC2)c2cc(F)c(-c3ccccc3C(F)(F)F)cc21. The maximum Gasteiger partial charge on any atom is 0.417 e. The molecule has 1 saturated carbocycles. The molecule has 1 aliphatic carbocycles. The summed E-state index contributed by atoms with van der Waals surface area (Å²) >= 11 is 0. The lowest BCUT2D eigenvalue weighted by atomic mass is 9.96. The molecular formula is C25H27F5N2O2S. The second-order valence-corrected chi connectivity index (χ2v) is 12.2. The number of aromatic nitrogens is 1. The van der Waals surface area contributed by atoms with Crippen molar-refractivity contribution in [2.24, 2.45) is 5.41 Å². The first-order valence-corrected chi connectivity index (χ1v) is 12.8. The van der Waals surface area contributed by atoms with E-state index < -0.39 is 45.5 Å². The molecule has 4 rings (SSSR count). The first kappa shape index (κ1) is 25.6. The van der Waals surface area contributed by atoms with Gasteiger partial charge in [-0.25, -0.2) is 21.9 Å². The van der Waals surface area contributed by atoms with Gasteiger partial charge in [-0.3, -0.25) is 0 Å². The Kier molecular flexibility index (Phi) is 6.51. The smallest absolute Gasteiger partial charge is 0.347 e. The summed E-state index contributed by atoms with van der Waals surface area (Å²) in [5.74, 6) is -0.911. The predicted octanol–water partition coefficient (Wildman–Crippen LogP) is 6.60. The third-order valence-electron chi connectivity index (χ3n) is 5.97. The fourth-order valence-corrected chi connectivity index (χ4v) is 5.82. The summed E-state index contributed by atoms with van der Waals surface area (Å²) in [5.41, 5.74) is -1.15. The van der Waals surface area contributed by atoms with Crippen molar-refractivity contribution in [3.05, 3.63) is 59.5 Å². The largest absolute Gasteiger partial charge is 0.417 e. The van der Waals surface area contributed by atoms with Crippen molar-refractivity contribution in [1.82, 2.24) is 9.29 Å². The number of alkyl halides is 4. The van der Waals surface area contributed by atoms with Crippen molar-refractivity contribution < 1.29 is 30.4 Å². The van der Waals surface area contributed by atoms with Crippen molar-refractivity contribution in [3.63, 3.8) is 0 Å². The number of nitrogens with zero attached hydrogens (tertiary/aromatic N) is 1. The molecule has 0 spiro atoms. The maximum atomic E-state index is 15.3. The van der Waals surface area contributed by atoms with Crippen molar-refractivity contribution in [2.45, 2.75) is 57.6 Å². The lowest BCUT2D eigenvalue weighted by Crippen LogP contribution is -2.32. The number of rotatable bonds is 7. The van der Waals surface area contributed by atoms with Crippen LogP contribution in [-0.2, 0) is 22.7 Å². The van der Waals surface area contributed by atoms with Crippen LogP contribution in [0.4, 0.5) is 22.0 Å². The summed E-state index contributed by atoms with van der Waals surface area (Å²) in [7, 11) is -3.74. The van der Waals surface area contributed by atoms with Gasteiger partial charge in [-0.15, -0.1) is 0 Å². The van der Waals surface area contributed by atoms with Crippen LogP contribution in [-0.4, -0.2) is 24.9 Å². The molecule has 4 nitrogen and oxygen atoms in total. The van der Waals surface area contributed by atoms with Gasteiger partial charge in [-0.2, -0.15) is 13.2 Å². The molecule has 1 atom stereocenters. The highest BCUT2D eigenvalue weighted by Gasteiger charge is 2.38. The van der Waals surface area contributed by atoms with Crippen molar-refractivity contribution in [2.75, 3.05) is 6.67 Å². The van der Waals surface area contributed by atoms with E-state index in [1.807, 2.05) is 20.8 Å². The minimum Gasteiger partial charge on any atom is -0.347 e. The van der Waals surface area contributed by atoms with E-state index in [2.05, 4.69) is 4.72 Å². The molecule has 190 valence electrons. The quantitative estimate of drug-likeness (QED) is 0.361. The van der Waals surface area contributed by atoms with E-state index in [0.29, 0.717) is 24.9 Å². The molecule has 0 saturated heterocycles. The lowest BCUT2D eigenvalue weighted by Gasteiger charge is -2.20. The standard InChI is InChI=1S/C25H27F5N2O2S/c1-24(2,3)14-32-13-19(22(12-26)31-35(33,34)15-8-9-15)18-10-21(27)17(11-23(18)32)16-6-4-5-7-20(16)25(28,29)30/h4-7,10-11,13,15,22,31H,8-9,12,14H2,1-3H3/t22-/m1/s1. The van der Waals surface area contributed by atoms with Gasteiger partial charge in [0.1, 0.15) is 12.5 Å². The summed E-state index contributed by atoms with van der Waals surface area (Å²) < 4.78 is 99.4. The average molecular weight is 515 g/mol. The van der Waals surface area contributed by atoms with Crippen LogP contribution < -0.4 is 4.72 Å². The van der Waals surface area contributed by atoms with E-state index in [0.717, 1.165) is 12.1 Å². The van der Waals surface area contributed by atoms with Crippen molar-refractivity contribution in [3.8, 4) is 11.1 Å². The average Bonchev–Trinajstić information content (AvgIpc) is 3.55. The first-order chi connectivity index (χ1) is 16.2. The third-order valence-corrected chi connectivity index (χ3v) is 7.93. The Morgan fingerprint density at radius 1 is 1.09 bits per heavy atom. The van der Waals surface area contributed by atoms with Crippen LogP contribution in [0.15, 0.2) is 42.6 Å². The molecule has 1 heterocycles. The number of halogens is 5. The van der Waals surface area contributed by atoms with Crippen molar-refractivity contribution in [1.29, 1.82) is 0 Å². The molecule has 0 aliphatic heterocycles. The summed E-state index contributed by atoms with van der Waals surface area (Å²) in [6, 6.07) is 5.90. The van der Waals surface area contributed by atoms with E-state index in [1.54, 1.807) is 10.8 Å². The minimum atomic E-state index is -4.68. The molecule has 0 bridgehead atoms. The van der Waals surface area contributed by atoms with Gasteiger partial charge in [-0.1, -0.05) is 39.0 Å². The minimum absolute atomic E-state index is 0.236. The molecule has 0 radical (unpaired) electrons. The number of hydrogen-bond acceptors (Lipinski definition) is 2. The van der Waals surface area contributed by atoms with E-state index in [4.69, 9.17) is 0 Å². The molecule has 0 amide bonds. The highest BCUT2D eigenvalue weighted by Crippen LogP contribution is 2.41. The van der Waals surface area contributed by atoms with E-state index in [9.17, 15) is 26.0 Å². The van der Waals surface area contributed by atoms with Gasteiger partial charge in [0.2, 0.25) is 10.0 Å². The zero-order chi connectivity index (χ0) is 25.8. The summed E-state index contributed by atoms with van der Waals surface area (Å²) in [6.45, 7) is 5.18. The zero-order valence-electron chi connectivity index (χ0n) is 19.6. The molecule has 1 fully saturated rings. The van der Waals surface area contributed by atoms with Crippen LogP contribution in [0.1, 0.15) is 50.8 Å². The Bertz CT molecular complexity index is 1350. The summed E-state index contributed by atoms with van der Waals surface area (Å²) in [4.78, 5) is 0. The Balaban J connectivity index is 1.91. The van der Waals surface area contributed by atoms with Gasteiger partial charge >= 0.3 is 6.18 Å². The number of fused-ring (bicyclic) bond motifs is 1. The molecule has 35 heavy (non-hydrogen) atoms. The van der Waals surface area contributed by atoms with Gasteiger partial charge in [0.05, 0.1) is 16.9 Å². The van der Waals surface area contributed by atoms with Gasteiger partial charge in [0.15, 0.2) is 0 Å². The Morgan fingerprint density at radius 3 is 2.31 bits per heavy atom. The van der Waals surface area contributed by atoms with Gasteiger partial charge in [0, 0.05) is 29.2 Å². The monoisotopic (exact) mass is 514 g/mol. The number of hydrogen-bond donors (Lipinski definition) is 1. The zero-order valence-corrected chi connectivity index (χ0v) is 20.4. The van der Waals surface area contributed by atoms with Crippen LogP contribution in [0.3, 0.4) is 0 Å². The predicted molar refractivity (Wildman–Crippen MR) is 126 cm³/mol. The van der Waals surface area contributed by atoms with Crippen LogP contribution in [0, 0.1) is 11.2 Å². The highest BCUT2D eigenvalue weighted by molar-refractivity contribution is 7.90. The molecular weight excluding hydrogens is 487 g/mol. The van der Waals surface area contributed by atoms with Gasteiger partial charge in [-0.05, 0) is 47.6 Å². The number of sulfonamides is 1. The first-order valence-electron chi connectivity index (χ1n) is 11.3. The van der Waals surface area contributed by atoms with Crippen LogP contribution in [0.25, 0.3) is 22.0 Å². The van der Waals surface area contributed by atoms with Crippen LogP contribution in [0.2, 0.25) is 0 Å². The topological polar surface area (TPSA) is 51.1 Å². The lowest BCUT2D eigenvalue weighted by molar-refractivity contribution is -0.137. The Morgan fingerprint density at radius 2 is 1.74 bits per heavy atom. The molecule has 3 aromatic rings. The van der Waals surface area contributed by atoms with Crippen molar-refractivity contribution >= 4 is 20.9 Å². The second-order valence-electron chi connectivity index (χ2n) is 10.2. The highest BCUT2D eigenvalue weighted by atomic mass is 32.2. The van der Waals surface area contributed by atoms with Crippen LogP contribution >= 0.6 is 0 Å². The van der Waals surface area contributed by atoms with E-state index in [1.165, 1.54) is 24.3 Å². The fourth-order valence-electron chi connectivity index (χ4n) is 4.28. The molecule has 1 aromatic heterocycles. The summed E-state index contributed by atoms with van der Waals surface area (Å²) in [6.07, 6.45) is -2.13. The Hall–Kier alpha value is -2.46. The molecule has 0 unspecified atom stereocenters. The third kappa shape index (κ3) is 5.38. The summed E-state index contributed by atoms with van der Waals surface area (Å²) in [5, 5.41) is -0.317. The molecule has 1 N–H and O–H groups in total. The van der Waals surface area contributed by atoms with Gasteiger partial charge in [0.25, 0.3) is 0 Å².